The van der Waals surface area contributed by atoms with Crippen LogP contribution in [0.3, 0.4) is 0 Å². The van der Waals surface area contributed by atoms with Crippen LogP contribution in [-0.2, 0) is 14.3 Å². The number of ether oxygens (including phenoxy) is 2. The van der Waals surface area contributed by atoms with Crippen LogP contribution in [0.4, 0.5) is 5.69 Å². The molecule has 6 nitrogen and oxygen atoms in total. The Morgan fingerprint density at radius 1 is 1.03 bits per heavy atom. The van der Waals surface area contributed by atoms with Crippen molar-refractivity contribution in [3.05, 3.63) is 66.4 Å². The Bertz CT molecular complexity index is 1200. The lowest BCUT2D eigenvalue weighted by Gasteiger charge is -2.19. The smallest absolute Gasteiger partial charge is 0.305 e. The topological polar surface area (TPSA) is 69.6 Å². The zero-order valence-electron chi connectivity index (χ0n) is 22.6. The summed E-state index contributed by atoms with van der Waals surface area (Å²) in [6, 6.07) is 16.4. The molecule has 3 rings (SSSR count). The van der Waals surface area contributed by atoms with Crippen molar-refractivity contribution in [1.82, 2.24) is 4.57 Å². The van der Waals surface area contributed by atoms with Crippen LogP contribution in [0.2, 0.25) is 0 Å². The highest BCUT2D eigenvalue weighted by molar-refractivity contribution is 6.04. The van der Waals surface area contributed by atoms with Crippen LogP contribution in [0.5, 0.6) is 5.75 Å². The van der Waals surface area contributed by atoms with E-state index < -0.39 is 0 Å². The van der Waals surface area contributed by atoms with Gasteiger partial charge in [0.2, 0.25) is 5.91 Å². The highest BCUT2D eigenvalue weighted by atomic mass is 16.5. The van der Waals surface area contributed by atoms with Crippen molar-refractivity contribution in [2.75, 3.05) is 18.5 Å². The highest BCUT2D eigenvalue weighted by Gasteiger charge is 2.12. The minimum atomic E-state index is -0.219. The molecule has 2 aromatic carbocycles. The Morgan fingerprint density at radius 3 is 2.54 bits per heavy atom. The molecule has 6 heteroatoms. The Hall–Kier alpha value is -3.54. The van der Waals surface area contributed by atoms with E-state index in [0.717, 1.165) is 11.1 Å². The Morgan fingerprint density at radius 2 is 1.81 bits per heavy atom. The van der Waals surface area contributed by atoms with Crippen molar-refractivity contribution in [3.8, 4) is 5.75 Å². The molecule has 198 valence electrons. The molecule has 1 heterocycles. The van der Waals surface area contributed by atoms with Gasteiger partial charge in [-0.2, -0.15) is 0 Å². The van der Waals surface area contributed by atoms with E-state index in [0.29, 0.717) is 43.5 Å². The van der Waals surface area contributed by atoms with E-state index in [9.17, 15) is 9.59 Å². The van der Waals surface area contributed by atoms with Crippen molar-refractivity contribution in [2.24, 2.45) is 0 Å². The molecule has 0 atom stereocenters. The minimum Gasteiger partial charge on any atom is -0.494 e. The lowest BCUT2D eigenvalue weighted by molar-refractivity contribution is -0.143. The second-order valence-corrected chi connectivity index (χ2v) is 9.33. The molecule has 0 bridgehead atoms. The summed E-state index contributed by atoms with van der Waals surface area (Å²) >= 11 is 0. The molecule has 0 radical (unpaired) electrons. The van der Waals surface area contributed by atoms with Gasteiger partial charge >= 0.3 is 5.97 Å². The third-order valence-electron chi connectivity index (χ3n) is 6.36. The number of benzene rings is 2. The number of aromatic nitrogens is 1. The van der Waals surface area contributed by atoms with Gasteiger partial charge in [0.1, 0.15) is 5.75 Å². The molecule has 0 fully saturated rings. The molecule has 0 unspecified atom stereocenters. The number of nitrogens with zero attached hydrogens (tertiary/aromatic N) is 1. The first-order valence-corrected chi connectivity index (χ1v) is 13.4. The van der Waals surface area contributed by atoms with Crippen LogP contribution in [0, 0.1) is 0 Å². The van der Waals surface area contributed by atoms with Crippen LogP contribution in [0.25, 0.3) is 16.5 Å². The lowest BCUT2D eigenvalue weighted by atomic mass is 10.0. The van der Waals surface area contributed by atoms with Gasteiger partial charge in [-0.1, -0.05) is 38.8 Å². The molecule has 0 aliphatic rings. The predicted octanol–water partition coefficient (Wildman–Crippen LogP) is 7.55. The van der Waals surface area contributed by atoms with Crippen LogP contribution in [0.1, 0.15) is 77.8 Å². The Balaban J connectivity index is 1.62. The molecule has 1 aromatic heterocycles. The fourth-order valence-electron chi connectivity index (χ4n) is 4.58. The van der Waals surface area contributed by atoms with Crippen LogP contribution in [0.15, 0.2) is 60.8 Å². The van der Waals surface area contributed by atoms with Crippen molar-refractivity contribution in [1.29, 1.82) is 0 Å². The fraction of sp³-hybridized carbons (Fsp3) is 0.419. The van der Waals surface area contributed by atoms with Crippen LogP contribution >= 0.6 is 0 Å². The molecule has 0 aliphatic carbocycles. The molecule has 3 aromatic rings. The van der Waals surface area contributed by atoms with Crippen LogP contribution in [-0.4, -0.2) is 29.7 Å². The second kappa shape index (κ2) is 14.3. The van der Waals surface area contributed by atoms with Gasteiger partial charge in [0.25, 0.3) is 0 Å². The zero-order chi connectivity index (χ0) is 26.6. The minimum absolute atomic E-state index is 0.194. The van der Waals surface area contributed by atoms with E-state index in [1.165, 1.54) is 36.6 Å². The summed E-state index contributed by atoms with van der Waals surface area (Å²) in [6.45, 7) is 9.01. The van der Waals surface area contributed by atoms with Crippen molar-refractivity contribution in [3.63, 3.8) is 0 Å². The number of fused-ring (bicyclic) bond motifs is 1. The van der Waals surface area contributed by atoms with Gasteiger partial charge in [0.15, 0.2) is 0 Å². The molecule has 37 heavy (non-hydrogen) atoms. The third-order valence-corrected chi connectivity index (χ3v) is 6.36. The summed E-state index contributed by atoms with van der Waals surface area (Å²) in [6.07, 6.45) is 9.42. The van der Waals surface area contributed by atoms with E-state index in [2.05, 4.69) is 54.2 Å². The van der Waals surface area contributed by atoms with Crippen molar-refractivity contribution < 1.29 is 19.1 Å². The second-order valence-electron chi connectivity index (χ2n) is 9.33. The first kappa shape index (κ1) is 28.0. The van der Waals surface area contributed by atoms with E-state index in [1.807, 2.05) is 25.1 Å². The first-order chi connectivity index (χ1) is 17.9. The number of hydrogen-bond donors (Lipinski definition) is 1. The molecule has 1 amide bonds. The van der Waals surface area contributed by atoms with Gasteiger partial charge in [-0.05, 0) is 74.6 Å². The van der Waals surface area contributed by atoms with Crippen LogP contribution < -0.4 is 10.1 Å². The van der Waals surface area contributed by atoms with E-state index in [1.54, 1.807) is 19.1 Å². The molecule has 0 saturated carbocycles. The number of nitrogens with one attached hydrogen (secondary N) is 1. The number of rotatable bonds is 14. The standard InChI is InChI=1S/C31H40N2O4/c1-5-10-27(11-6-2)33-18-17-25-21-24(15-16-29(25)33)23(4)20-30(34)32-26-12-8-13-28(22-26)37-19-9-14-31(35)36-7-3/h8,12-13,15-18,20-22,27H,5-7,9-11,14,19H2,1-4H3,(H,32,34)/b23-20+. The van der Waals surface area contributed by atoms with Gasteiger partial charge in [0, 0.05) is 47.4 Å². The summed E-state index contributed by atoms with van der Waals surface area (Å²) in [7, 11) is 0. The molecular formula is C31H40N2O4. The first-order valence-electron chi connectivity index (χ1n) is 13.4. The Labute approximate surface area is 220 Å². The number of anilines is 1. The molecule has 0 saturated heterocycles. The molecular weight excluding hydrogens is 464 g/mol. The average Bonchev–Trinajstić information content (AvgIpc) is 3.30. The highest BCUT2D eigenvalue weighted by Crippen LogP contribution is 2.29. The quantitative estimate of drug-likeness (QED) is 0.140. The largest absolute Gasteiger partial charge is 0.494 e. The maximum Gasteiger partial charge on any atom is 0.305 e. The number of carbonyl (C=O) groups excluding carboxylic acids is 2. The number of esters is 1. The predicted molar refractivity (Wildman–Crippen MR) is 151 cm³/mol. The van der Waals surface area contributed by atoms with Gasteiger partial charge in [-0.15, -0.1) is 0 Å². The van der Waals surface area contributed by atoms with Gasteiger partial charge in [0.05, 0.1) is 13.2 Å². The Kier molecular flexibility index (Phi) is 10.8. The summed E-state index contributed by atoms with van der Waals surface area (Å²) in [5.41, 5.74) is 3.83. The summed E-state index contributed by atoms with van der Waals surface area (Å²) in [5, 5.41) is 4.11. The molecule has 0 spiro atoms. The zero-order valence-corrected chi connectivity index (χ0v) is 22.6. The number of hydrogen-bond acceptors (Lipinski definition) is 4. The summed E-state index contributed by atoms with van der Waals surface area (Å²) < 4.78 is 13.0. The number of carbonyl (C=O) groups is 2. The van der Waals surface area contributed by atoms with Gasteiger partial charge in [-0.25, -0.2) is 0 Å². The SMILES string of the molecule is CCCC(CCC)n1ccc2cc(/C(C)=C/C(=O)Nc3cccc(OCCCC(=O)OCC)c3)ccc21. The maximum atomic E-state index is 12.7. The van der Waals surface area contributed by atoms with Gasteiger partial charge in [-0.3, -0.25) is 9.59 Å². The number of allylic oxidation sites excluding steroid dienone is 1. The maximum absolute atomic E-state index is 12.7. The van der Waals surface area contributed by atoms with Crippen molar-refractivity contribution >= 4 is 34.0 Å². The average molecular weight is 505 g/mol. The van der Waals surface area contributed by atoms with Gasteiger partial charge < -0.3 is 19.4 Å². The summed E-state index contributed by atoms with van der Waals surface area (Å²) in [4.78, 5) is 24.2. The van der Waals surface area contributed by atoms with E-state index >= 15 is 0 Å². The normalized spacial score (nSPS) is 11.6. The monoisotopic (exact) mass is 504 g/mol. The van der Waals surface area contributed by atoms with E-state index in [4.69, 9.17) is 9.47 Å². The van der Waals surface area contributed by atoms with Crippen molar-refractivity contribution in [2.45, 2.75) is 72.3 Å². The number of amides is 1. The lowest BCUT2D eigenvalue weighted by Crippen LogP contribution is -2.09. The third kappa shape index (κ3) is 8.24. The molecule has 1 N–H and O–H groups in total. The molecule has 0 aliphatic heterocycles. The fourth-order valence-corrected chi connectivity index (χ4v) is 4.58. The summed E-state index contributed by atoms with van der Waals surface area (Å²) in [5.74, 6) is 0.227. The van der Waals surface area contributed by atoms with E-state index in [-0.39, 0.29) is 11.9 Å².